The van der Waals surface area contributed by atoms with E-state index in [1.54, 1.807) is 6.26 Å². The molecule has 0 bridgehead atoms. The largest absolute Gasteiger partial charge is 0.467 e. The molecule has 2 rings (SSSR count). The molecule has 0 saturated heterocycles. The molecule has 21 heavy (non-hydrogen) atoms. The van der Waals surface area contributed by atoms with Gasteiger partial charge in [-0.2, -0.15) is 0 Å². The van der Waals surface area contributed by atoms with Gasteiger partial charge < -0.3 is 9.73 Å². The van der Waals surface area contributed by atoms with E-state index >= 15 is 0 Å². The van der Waals surface area contributed by atoms with E-state index in [1.165, 1.54) is 0 Å². The molecule has 0 aliphatic carbocycles. The summed E-state index contributed by atoms with van der Waals surface area (Å²) in [6, 6.07) is 13.4. The lowest BCUT2D eigenvalue weighted by Crippen LogP contribution is -2.46. The molecule has 0 saturated carbocycles. The molecule has 0 spiro atoms. The van der Waals surface area contributed by atoms with Gasteiger partial charge >= 0.3 is 0 Å². The van der Waals surface area contributed by atoms with Crippen molar-refractivity contribution >= 4 is 5.91 Å². The summed E-state index contributed by atoms with van der Waals surface area (Å²) in [7, 11) is 0. The van der Waals surface area contributed by atoms with Crippen molar-refractivity contribution in [3.05, 3.63) is 60.1 Å². The first-order valence-electron chi connectivity index (χ1n) is 7.22. The minimum Gasteiger partial charge on any atom is -0.467 e. The van der Waals surface area contributed by atoms with Crippen molar-refractivity contribution < 1.29 is 9.21 Å². The van der Waals surface area contributed by atoms with Gasteiger partial charge in [0.1, 0.15) is 5.76 Å². The highest BCUT2D eigenvalue weighted by Crippen LogP contribution is 2.22. The van der Waals surface area contributed by atoms with Gasteiger partial charge in [0.15, 0.2) is 0 Å². The third-order valence-electron chi connectivity index (χ3n) is 3.20. The predicted octanol–water partition coefficient (Wildman–Crippen LogP) is 2.87. The number of benzene rings is 1. The summed E-state index contributed by atoms with van der Waals surface area (Å²) in [6.07, 6.45) is 1.64. The highest BCUT2D eigenvalue weighted by molar-refractivity contribution is 5.81. The van der Waals surface area contributed by atoms with Crippen molar-refractivity contribution in [1.29, 1.82) is 0 Å². The number of hydrogen-bond acceptors (Lipinski definition) is 3. The third-order valence-corrected chi connectivity index (χ3v) is 3.20. The molecular weight excluding hydrogens is 264 g/mol. The second-order valence-corrected chi connectivity index (χ2v) is 5.41. The molecule has 1 aromatic carbocycles. The Balaban J connectivity index is 2.16. The molecule has 1 aromatic heterocycles. The Bertz CT molecular complexity index is 549. The molecule has 1 amide bonds. The molecule has 4 heteroatoms. The molecule has 1 heterocycles. The smallest absolute Gasteiger partial charge is 0.237 e. The van der Waals surface area contributed by atoms with E-state index in [-0.39, 0.29) is 24.0 Å². The fraction of sp³-hybridized carbons (Fsp3) is 0.353. The van der Waals surface area contributed by atoms with Crippen LogP contribution in [0.2, 0.25) is 0 Å². The van der Waals surface area contributed by atoms with Crippen LogP contribution in [0.4, 0.5) is 0 Å². The molecule has 0 radical (unpaired) electrons. The van der Waals surface area contributed by atoms with Crippen LogP contribution in [0.15, 0.2) is 53.1 Å². The third kappa shape index (κ3) is 4.20. The molecule has 0 fully saturated rings. The van der Waals surface area contributed by atoms with Crippen molar-refractivity contribution in [2.75, 3.05) is 0 Å². The van der Waals surface area contributed by atoms with Gasteiger partial charge in [-0.1, -0.05) is 30.3 Å². The molecule has 2 atom stereocenters. The summed E-state index contributed by atoms with van der Waals surface area (Å²) in [6.45, 7) is 5.76. The highest BCUT2D eigenvalue weighted by atomic mass is 16.3. The predicted molar refractivity (Wildman–Crippen MR) is 82.9 cm³/mol. The summed E-state index contributed by atoms with van der Waals surface area (Å²) < 4.78 is 5.52. The maximum atomic E-state index is 12.1. The summed E-state index contributed by atoms with van der Waals surface area (Å²) in [5, 5.41) is 6.25. The number of carbonyl (C=O) groups excluding carboxylic acids is 1. The van der Waals surface area contributed by atoms with Crippen LogP contribution in [0.25, 0.3) is 0 Å². The Hall–Kier alpha value is -2.07. The van der Waals surface area contributed by atoms with Crippen LogP contribution in [-0.4, -0.2) is 18.0 Å². The molecule has 112 valence electrons. The summed E-state index contributed by atoms with van der Waals surface area (Å²) in [5.41, 5.74) is 1.07. The van der Waals surface area contributed by atoms with Crippen LogP contribution in [0, 0.1) is 0 Å². The van der Waals surface area contributed by atoms with Crippen LogP contribution >= 0.6 is 0 Å². The fourth-order valence-corrected chi connectivity index (χ4v) is 2.18. The van der Waals surface area contributed by atoms with Gasteiger partial charge in [-0.05, 0) is 38.5 Å². The van der Waals surface area contributed by atoms with Crippen molar-refractivity contribution in [3.63, 3.8) is 0 Å². The van der Waals surface area contributed by atoms with Crippen molar-refractivity contribution in [2.45, 2.75) is 38.9 Å². The first-order chi connectivity index (χ1) is 10.1. The molecule has 4 nitrogen and oxygen atoms in total. The number of nitrogens with one attached hydrogen (secondary N) is 2. The van der Waals surface area contributed by atoms with Crippen LogP contribution in [0.5, 0.6) is 0 Å². The van der Waals surface area contributed by atoms with Gasteiger partial charge in [0.25, 0.3) is 0 Å². The zero-order chi connectivity index (χ0) is 15.2. The Labute approximate surface area is 125 Å². The highest BCUT2D eigenvalue weighted by Gasteiger charge is 2.22. The monoisotopic (exact) mass is 286 g/mol. The van der Waals surface area contributed by atoms with Crippen LogP contribution < -0.4 is 10.6 Å². The number of furan rings is 1. The Morgan fingerprint density at radius 2 is 1.76 bits per heavy atom. The lowest BCUT2D eigenvalue weighted by molar-refractivity contribution is -0.123. The average Bonchev–Trinajstić information content (AvgIpc) is 2.98. The van der Waals surface area contributed by atoms with E-state index in [0.29, 0.717) is 0 Å². The molecule has 0 aliphatic rings. The summed E-state index contributed by atoms with van der Waals surface area (Å²) in [5.74, 6) is 0.780. The van der Waals surface area contributed by atoms with Crippen molar-refractivity contribution in [2.24, 2.45) is 0 Å². The summed E-state index contributed by atoms with van der Waals surface area (Å²) >= 11 is 0. The second kappa shape index (κ2) is 7.09. The van der Waals surface area contributed by atoms with E-state index in [4.69, 9.17) is 4.42 Å². The van der Waals surface area contributed by atoms with Crippen LogP contribution in [0.3, 0.4) is 0 Å². The van der Waals surface area contributed by atoms with Crippen LogP contribution in [-0.2, 0) is 4.79 Å². The normalized spacial score (nSPS) is 13.9. The SMILES string of the molecule is CC(C)NC(=O)[C@H](C)N[C@H](c1ccccc1)c1ccco1. The molecule has 0 unspecified atom stereocenters. The zero-order valence-corrected chi connectivity index (χ0v) is 12.7. The second-order valence-electron chi connectivity index (χ2n) is 5.41. The zero-order valence-electron chi connectivity index (χ0n) is 12.7. The van der Waals surface area contributed by atoms with Gasteiger partial charge in [-0.3, -0.25) is 10.1 Å². The van der Waals surface area contributed by atoms with Crippen molar-refractivity contribution in [3.8, 4) is 0 Å². The number of rotatable bonds is 6. The number of hydrogen-bond donors (Lipinski definition) is 2. The summed E-state index contributed by atoms with van der Waals surface area (Å²) in [4.78, 5) is 12.1. The van der Waals surface area contributed by atoms with Gasteiger partial charge in [0.05, 0.1) is 18.3 Å². The lowest BCUT2D eigenvalue weighted by atomic mass is 10.0. The van der Waals surface area contributed by atoms with E-state index in [0.717, 1.165) is 11.3 Å². The van der Waals surface area contributed by atoms with Crippen molar-refractivity contribution in [1.82, 2.24) is 10.6 Å². The minimum atomic E-state index is -0.317. The van der Waals surface area contributed by atoms with E-state index in [1.807, 2.05) is 63.2 Å². The molecule has 2 aromatic rings. The van der Waals surface area contributed by atoms with Gasteiger partial charge in [0.2, 0.25) is 5.91 Å². The maximum absolute atomic E-state index is 12.1. The van der Waals surface area contributed by atoms with Crippen LogP contribution in [0.1, 0.15) is 38.1 Å². The minimum absolute atomic E-state index is 0.0162. The number of carbonyl (C=O) groups is 1. The fourth-order valence-electron chi connectivity index (χ4n) is 2.18. The van der Waals surface area contributed by atoms with E-state index in [9.17, 15) is 4.79 Å². The quantitative estimate of drug-likeness (QED) is 0.858. The van der Waals surface area contributed by atoms with Gasteiger partial charge in [-0.25, -0.2) is 0 Å². The van der Waals surface area contributed by atoms with Gasteiger partial charge in [0, 0.05) is 6.04 Å². The standard InChI is InChI=1S/C17H22N2O2/c1-12(2)18-17(20)13(3)19-16(15-10-7-11-21-15)14-8-5-4-6-9-14/h4-13,16,19H,1-3H3,(H,18,20)/t13-,16+/m0/s1. The Morgan fingerprint density at radius 3 is 2.33 bits per heavy atom. The number of amides is 1. The van der Waals surface area contributed by atoms with Gasteiger partial charge in [-0.15, -0.1) is 0 Å². The Kier molecular flexibility index (Phi) is 5.17. The molecule has 0 aliphatic heterocycles. The average molecular weight is 286 g/mol. The topological polar surface area (TPSA) is 54.3 Å². The first kappa shape index (κ1) is 15.3. The van der Waals surface area contributed by atoms with E-state index < -0.39 is 0 Å². The molecule has 2 N–H and O–H groups in total. The lowest BCUT2D eigenvalue weighted by Gasteiger charge is -2.22. The molecular formula is C17H22N2O2. The maximum Gasteiger partial charge on any atom is 0.237 e. The van der Waals surface area contributed by atoms with E-state index in [2.05, 4.69) is 10.6 Å². The Morgan fingerprint density at radius 1 is 1.05 bits per heavy atom. The first-order valence-corrected chi connectivity index (χ1v) is 7.22.